The Morgan fingerprint density at radius 2 is 1.91 bits per heavy atom. The number of halogens is 4. The van der Waals surface area contributed by atoms with Crippen LogP contribution in [0, 0.1) is 5.82 Å². The van der Waals surface area contributed by atoms with Crippen LogP contribution in [0.4, 0.5) is 23.2 Å². The van der Waals surface area contributed by atoms with E-state index in [9.17, 15) is 30.8 Å². The van der Waals surface area contributed by atoms with Crippen molar-refractivity contribution in [2.24, 2.45) is 0 Å². The van der Waals surface area contributed by atoms with E-state index in [1.165, 1.54) is 24.3 Å². The van der Waals surface area contributed by atoms with Crippen LogP contribution in [0.3, 0.4) is 0 Å². The SMILES string of the molecule is CC(C)Sc1nc(C(F)(F)F)ccc1/C=C\C(=O)NCc1ccc(NS(C)(=O)=O)c(F)c1. The number of benzene rings is 1. The van der Waals surface area contributed by atoms with Gasteiger partial charge in [0.25, 0.3) is 0 Å². The number of anilines is 1. The molecule has 1 aromatic heterocycles. The summed E-state index contributed by atoms with van der Waals surface area (Å²) >= 11 is 1.14. The van der Waals surface area contributed by atoms with Crippen LogP contribution < -0.4 is 10.0 Å². The number of amides is 1. The first-order valence-electron chi connectivity index (χ1n) is 9.21. The van der Waals surface area contributed by atoms with Crippen molar-refractivity contribution in [3.63, 3.8) is 0 Å². The van der Waals surface area contributed by atoms with Crippen LogP contribution in [0.15, 0.2) is 41.4 Å². The monoisotopic (exact) mass is 491 g/mol. The van der Waals surface area contributed by atoms with Gasteiger partial charge in [-0.15, -0.1) is 11.8 Å². The lowest BCUT2D eigenvalue weighted by Gasteiger charge is -2.12. The maximum absolute atomic E-state index is 14.0. The fraction of sp³-hybridized carbons (Fsp3) is 0.300. The molecule has 12 heteroatoms. The lowest BCUT2D eigenvalue weighted by Crippen LogP contribution is -2.20. The number of carbonyl (C=O) groups excluding carboxylic acids is 1. The second-order valence-corrected chi connectivity index (χ2v) is 10.3. The molecule has 0 fully saturated rings. The summed E-state index contributed by atoms with van der Waals surface area (Å²) in [6.45, 7) is 3.57. The standard InChI is InChI=1S/C20H21F4N3O3S2/c1-12(2)31-19-14(5-8-17(26-19)20(22,23)24)6-9-18(28)25-11-13-4-7-16(15(21)10-13)27-32(3,29)30/h4-10,12,27H,11H2,1-3H3,(H,25,28)/b9-6-. The molecule has 0 aliphatic carbocycles. The predicted molar refractivity (Wildman–Crippen MR) is 116 cm³/mol. The van der Waals surface area contributed by atoms with Gasteiger partial charge >= 0.3 is 6.18 Å². The van der Waals surface area contributed by atoms with Crippen molar-refractivity contribution in [1.29, 1.82) is 0 Å². The topological polar surface area (TPSA) is 88.2 Å². The Balaban J connectivity index is 2.08. The summed E-state index contributed by atoms with van der Waals surface area (Å²) in [6.07, 6.45) is -1.19. The zero-order chi connectivity index (χ0) is 24.1. The highest BCUT2D eigenvalue weighted by molar-refractivity contribution is 7.99. The second-order valence-electron chi connectivity index (χ2n) is 6.99. The molecule has 1 heterocycles. The number of hydrogen-bond donors (Lipinski definition) is 2. The summed E-state index contributed by atoms with van der Waals surface area (Å²) in [5, 5.41) is 2.64. The zero-order valence-corrected chi connectivity index (χ0v) is 19.0. The van der Waals surface area contributed by atoms with Crippen LogP contribution in [0.25, 0.3) is 6.08 Å². The van der Waals surface area contributed by atoms with Gasteiger partial charge in [-0.3, -0.25) is 9.52 Å². The van der Waals surface area contributed by atoms with E-state index in [2.05, 4.69) is 10.3 Å². The van der Waals surface area contributed by atoms with Gasteiger partial charge in [0.15, 0.2) is 0 Å². The third-order valence-electron chi connectivity index (χ3n) is 3.74. The summed E-state index contributed by atoms with van der Waals surface area (Å²) in [7, 11) is -3.63. The number of aromatic nitrogens is 1. The van der Waals surface area contributed by atoms with Crippen molar-refractivity contribution in [2.75, 3.05) is 11.0 Å². The fourth-order valence-electron chi connectivity index (χ4n) is 2.42. The number of alkyl halides is 3. The van der Waals surface area contributed by atoms with E-state index in [0.717, 1.165) is 36.2 Å². The number of nitrogens with one attached hydrogen (secondary N) is 2. The van der Waals surface area contributed by atoms with Gasteiger partial charge in [0.05, 0.1) is 11.9 Å². The van der Waals surface area contributed by atoms with Crippen LogP contribution in [-0.4, -0.2) is 30.8 Å². The Bertz CT molecular complexity index is 1120. The van der Waals surface area contributed by atoms with Crippen LogP contribution in [0.1, 0.15) is 30.7 Å². The first-order chi connectivity index (χ1) is 14.7. The molecule has 2 aromatic rings. The smallest absolute Gasteiger partial charge is 0.348 e. The summed E-state index contributed by atoms with van der Waals surface area (Å²) in [6, 6.07) is 5.84. The fourth-order valence-corrected chi connectivity index (χ4v) is 3.85. The van der Waals surface area contributed by atoms with Crippen molar-refractivity contribution in [3.05, 3.63) is 59.0 Å². The van der Waals surface area contributed by atoms with Gasteiger partial charge in [-0.2, -0.15) is 13.2 Å². The highest BCUT2D eigenvalue weighted by Crippen LogP contribution is 2.32. The number of carbonyl (C=O) groups is 1. The first-order valence-corrected chi connectivity index (χ1v) is 12.0. The van der Waals surface area contributed by atoms with Crippen molar-refractivity contribution < 1.29 is 30.8 Å². The number of thioether (sulfide) groups is 1. The molecule has 32 heavy (non-hydrogen) atoms. The molecular formula is C20H21F4N3O3S2. The Labute approximate surface area is 187 Å². The van der Waals surface area contributed by atoms with Crippen LogP contribution in [0.5, 0.6) is 0 Å². The van der Waals surface area contributed by atoms with Crippen LogP contribution in [-0.2, 0) is 27.5 Å². The van der Waals surface area contributed by atoms with Crippen molar-refractivity contribution in [1.82, 2.24) is 10.3 Å². The number of rotatable bonds is 8. The molecule has 0 unspecified atom stereocenters. The molecule has 1 aromatic carbocycles. The summed E-state index contributed by atoms with van der Waals surface area (Å²) in [5.74, 6) is -1.35. The van der Waals surface area contributed by atoms with E-state index < -0.39 is 33.6 Å². The maximum Gasteiger partial charge on any atom is 0.433 e. The molecule has 1 amide bonds. The molecular weight excluding hydrogens is 470 g/mol. The summed E-state index contributed by atoms with van der Waals surface area (Å²) in [5.41, 5.74) is -0.491. The molecule has 0 saturated heterocycles. The quantitative estimate of drug-likeness (QED) is 0.324. The lowest BCUT2D eigenvalue weighted by atomic mass is 10.2. The van der Waals surface area contributed by atoms with Crippen molar-refractivity contribution >= 4 is 39.5 Å². The molecule has 6 nitrogen and oxygen atoms in total. The average molecular weight is 492 g/mol. The van der Waals surface area contributed by atoms with Crippen molar-refractivity contribution in [2.45, 2.75) is 36.8 Å². The molecule has 0 aliphatic heterocycles. The summed E-state index contributed by atoms with van der Waals surface area (Å²) in [4.78, 5) is 15.8. The van der Waals surface area contributed by atoms with E-state index in [1.807, 2.05) is 18.6 Å². The maximum atomic E-state index is 14.0. The Morgan fingerprint density at radius 3 is 2.47 bits per heavy atom. The number of hydrogen-bond acceptors (Lipinski definition) is 5. The van der Waals surface area contributed by atoms with Gasteiger partial charge in [-0.1, -0.05) is 26.0 Å². The van der Waals surface area contributed by atoms with E-state index >= 15 is 0 Å². The Kier molecular flexibility index (Phi) is 8.29. The Morgan fingerprint density at radius 1 is 1.22 bits per heavy atom. The van der Waals surface area contributed by atoms with Gasteiger partial charge < -0.3 is 5.32 Å². The van der Waals surface area contributed by atoms with Crippen LogP contribution in [0.2, 0.25) is 0 Å². The molecule has 2 N–H and O–H groups in total. The molecule has 2 rings (SSSR count). The number of nitrogens with zero attached hydrogens (tertiary/aromatic N) is 1. The molecule has 174 valence electrons. The number of sulfonamides is 1. The zero-order valence-electron chi connectivity index (χ0n) is 17.3. The third kappa shape index (κ3) is 8.15. The highest BCUT2D eigenvalue weighted by atomic mass is 32.2. The first kappa shape index (κ1) is 25.7. The van der Waals surface area contributed by atoms with Gasteiger partial charge in [-0.05, 0) is 29.8 Å². The molecule has 0 spiro atoms. The predicted octanol–water partition coefficient (Wildman–Crippen LogP) is 4.44. The van der Waals surface area contributed by atoms with Gasteiger partial charge in [0.1, 0.15) is 16.5 Å². The van der Waals surface area contributed by atoms with Gasteiger partial charge in [-0.25, -0.2) is 17.8 Å². The third-order valence-corrected chi connectivity index (χ3v) is 5.35. The molecule has 0 bridgehead atoms. The van der Waals surface area contributed by atoms with Crippen molar-refractivity contribution in [3.8, 4) is 0 Å². The summed E-state index contributed by atoms with van der Waals surface area (Å²) < 4.78 is 77.2. The minimum Gasteiger partial charge on any atom is -0.348 e. The number of pyridine rings is 1. The molecule has 0 atom stereocenters. The van der Waals surface area contributed by atoms with E-state index in [1.54, 1.807) is 0 Å². The molecule has 0 radical (unpaired) electrons. The van der Waals surface area contributed by atoms with Gasteiger partial charge in [0, 0.05) is 23.4 Å². The van der Waals surface area contributed by atoms with E-state index in [4.69, 9.17) is 0 Å². The highest BCUT2D eigenvalue weighted by Gasteiger charge is 2.33. The normalized spacial score (nSPS) is 12.4. The minimum atomic E-state index is -4.58. The minimum absolute atomic E-state index is 0.0259. The molecule has 0 aliphatic rings. The van der Waals surface area contributed by atoms with Gasteiger partial charge in [0.2, 0.25) is 15.9 Å². The second kappa shape index (κ2) is 10.3. The Hall–Kier alpha value is -2.60. The van der Waals surface area contributed by atoms with E-state index in [-0.39, 0.29) is 22.5 Å². The average Bonchev–Trinajstić information content (AvgIpc) is 2.65. The lowest BCUT2D eigenvalue weighted by molar-refractivity contribution is -0.141. The van der Waals surface area contributed by atoms with Crippen LogP contribution >= 0.6 is 11.8 Å². The van der Waals surface area contributed by atoms with E-state index in [0.29, 0.717) is 11.1 Å². The molecule has 0 saturated carbocycles. The largest absolute Gasteiger partial charge is 0.433 e.